The monoisotopic (exact) mass is 508 g/mol. The first-order chi connectivity index (χ1) is 17.2. The summed E-state index contributed by atoms with van der Waals surface area (Å²) in [4.78, 5) is 18.3. The third-order valence-corrected chi connectivity index (χ3v) is 7.11. The molecule has 8 heteroatoms. The molecule has 1 aliphatic carbocycles. The third kappa shape index (κ3) is 5.07. The molecular formula is C28H33ClN4O3. The third-order valence-electron chi connectivity index (χ3n) is 6.85. The molecule has 0 radical (unpaired) electrons. The second-order valence-corrected chi connectivity index (χ2v) is 11.1. The van der Waals surface area contributed by atoms with Crippen LogP contribution < -0.4 is 20.3 Å². The van der Waals surface area contributed by atoms with Crippen molar-refractivity contribution in [3.63, 3.8) is 0 Å². The lowest BCUT2D eigenvalue weighted by Crippen LogP contribution is -2.39. The standard InChI is InChI=1S/C28H33ClN4O3/c1-17-7-5-6-8-23(17)35-20-11-9-18(10-12-20)24-25-21(16-30-32-24)26-22(31-25)15-19(29)13-14-33(26)27(34)36-28(2,3)4/h5-8,13,15,18,20,31H,9-12,14,16H2,1-4H3/t18-,20-. The van der Waals surface area contributed by atoms with Crippen LogP contribution in [-0.2, 0) is 11.3 Å². The highest BCUT2D eigenvalue weighted by Crippen LogP contribution is 2.35. The number of fused-ring (bicyclic) bond motifs is 3. The Balaban J connectivity index is 1.44. The molecule has 3 aliphatic rings. The molecule has 0 saturated heterocycles. The van der Waals surface area contributed by atoms with Crippen LogP contribution in [0.25, 0.3) is 11.8 Å². The van der Waals surface area contributed by atoms with Crippen LogP contribution in [0, 0.1) is 12.8 Å². The number of aromatic amines is 1. The lowest BCUT2D eigenvalue weighted by molar-refractivity contribution is 0.0584. The van der Waals surface area contributed by atoms with E-state index in [0.29, 0.717) is 18.1 Å². The molecule has 0 unspecified atom stereocenters. The van der Waals surface area contributed by atoms with Crippen molar-refractivity contribution in [3.05, 3.63) is 57.2 Å². The molecule has 1 saturated carbocycles. The first-order valence-corrected chi connectivity index (χ1v) is 13.0. The molecular weight excluding hydrogens is 476 g/mol. The Morgan fingerprint density at radius 1 is 1.17 bits per heavy atom. The highest BCUT2D eigenvalue weighted by Gasteiger charge is 2.32. The topological polar surface area (TPSA) is 79.3 Å². The van der Waals surface area contributed by atoms with Gasteiger partial charge in [-0.05, 0) is 77.2 Å². The van der Waals surface area contributed by atoms with Gasteiger partial charge in [0, 0.05) is 23.1 Å². The van der Waals surface area contributed by atoms with E-state index in [-0.39, 0.29) is 12.0 Å². The van der Waals surface area contributed by atoms with Crippen molar-refractivity contribution in [1.82, 2.24) is 4.98 Å². The first kappa shape index (κ1) is 24.6. The summed E-state index contributed by atoms with van der Waals surface area (Å²) in [7, 11) is 0. The molecule has 1 fully saturated rings. The van der Waals surface area contributed by atoms with Gasteiger partial charge in [-0.2, -0.15) is 10.2 Å². The summed E-state index contributed by atoms with van der Waals surface area (Å²) in [6.07, 6.45) is 7.32. The molecule has 7 nitrogen and oxygen atoms in total. The summed E-state index contributed by atoms with van der Waals surface area (Å²) >= 11 is 6.43. The highest BCUT2D eigenvalue weighted by molar-refractivity contribution is 6.34. The molecule has 2 aromatic rings. The van der Waals surface area contributed by atoms with Crippen LogP contribution in [0.3, 0.4) is 0 Å². The maximum atomic E-state index is 13.1. The van der Waals surface area contributed by atoms with Crippen LogP contribution in [0.5, 0.6) is 5.75 Å². The molecule has 3 heterocycles. The number of aromatic nitrogens is 1. The van der Waals surface area contributed by atoms with Crippen LogP contribution in [0.2, 0.25) is 0 Å². The Morgan fingerprint density at radius 2 is 1.92 bits per heavy atom. The van der Waals surface area contributed by atoms with Crippen LogP contribution >= 0.6 is 11.6 Å². The molecule has 1 aromatic heterocycles. The van der Waals surface area contributed by atoms with E-state index < -0.39 is 11.7 Å². The van der Waals surface area contributed by atoms with Gasteiger partial charge in [-0.25, -0.2) is 4.79 Å². The van der Waals surface area contributed by atoms with Gasteiger partial charge in [0.15, 0.2) is 0 Å². The summed E-state index contributed by atoms with van der Waals surface area (Å²) in [5.74, 6) is 1.23. The summed E-state index contributed by atoms with van der Waals surface area (Å²) in [6.45, 7) is 8.41. The lowest BCUT2D eigenvalue weighted by Gasteiger charge is -2.30. The summed E-state index contributed by atoms with van der Waals surface area (Å²) in [6, 6.07) is 8.16. The number of ether oxygens (including phenoxy) is 2. The maximum Gasteiger partial charge on any atom is 0.415 e. The van der Waals surface area contributed by atoms with E-state index in [2.05, 4.69) is 28.2 Å². The summed E-state index contributed by atoms with van der Waals surface area (Å²) < 4.78 is 12.0. The Kier molecular flexibility index (Phi) is 6.68. The number of aryl methyl sites for hydroxylation is 1. The van der Waals surface area contributed by atoms with Gasteiger partial charge in [-0.3, -0.25) is 4.90 Å². The van der Waals surface area contributed by atoms with Crippen LogP contribution in [0.15, 0.2) is 45.6 Å². The quantitative estimate of drug-likeness (QED) is 0.578. The number of nitrogens with one attached hydrogen (secondary N) is 1. The predicted octanol–water partition coefficient (Wildman–Crippen LogP) is 5.69. The fourth-order valence-electron chi connectivity index (χ4n) is 5.13. The van der Waals surface area contributed by atoms with Crippen molar-refractivity contribution in [2.75, 3.05) is 11.4 Å². The van der Waals surface area contributed by atoms with Crippen molar-refractivity contribution >= 4 is 35.2 Å². The van der Waals surface area contributed by atoms with Gasteiger partial charge in [0.05, 0.1) is 34.7 Å². The fourth-order valence-corrected chi connectivity index (χ4v) is 5.30. The molecule has 0 atom stereocenters. The number of azo groups is 1. The zero-order valence-electron chi connectivity index (χ0n) is 21.3. The normalized spacial score (nSPS) is 21.6. The first-order valence-electron chi connectivity index (χ1n) is 12.6. The number of halogens is 1. The number of hydrogen-bond donors (Lipinski definition) is 1. The zero-order chi connectivity index (χ0) is 25.4. The van der Waals surface area contributed by atoms with E-state index in [9.17, 15) is 4.79 Å². The second kappa shape index (κ2) is 9.77. The minimum Gasteiger partial charge on any atom is -0.490 e. The number of anilines is 1. The Morgan fingerprint density at radius 3 is 2.64 bits per heavy atom. The van der Waals surface area contributed by atoms with Crippen molar-refractivity contribution in [2.45, 2.75) is 71.6 Å². The van der Waals surface area contributed by atoms with Crippen LogP contribution in [0.4, 0.5) is 10.5 Å². The number of allylic oxidation sites excluding steroid dienone is 1. The largest absolute Gasteiger partial charge is 0.490 e. The summed E-state index contributed by atoms with van der Waals surface area (Å²) in [5, 5.41) is 11.4. The van der Waals surface area contributed by atoms with Gasteiger partial charge in [0.25, 0.3) is 0 Å². The molecule has 1 N–H and O–H groups in total. The van der Waals surface area contributed by atoms with Crippen molar-refractivity contribution in [3.8, 4) is 5.75 Å². The number of carbonyl (C=O) groups excluding carboxylic acids is 1. The number of hydrogen-bond acceptors (Lipinski definition) is 5. The van der Waals surface area contributed by atoms with Crippen molar-refractivity contribution < 1.29 is 14.3 Å². The molecule has 0 spiro atoms. The van der Waals surface area contributed by atoms with Gasteiger partial charge in [0.1, 0.15) is 11.4 Å². The van der Waals surface area contributed by atoms with E-state index in [4.69, 9.17) is 21.1 Å². The highest BCUT2D eigenvalue weighted by atomic mass is 35.5. The van der Waals surface area contributed by atoms with Crippen LogP contribution in [-0.4, -0.2) is 29.3 Å². The number of rotatable bonds is 3. The van der Waals surface area contributed by atoms with Gasteiger partial charge in [-0.1, -0.05) is 29.8 Å². The fraction of sp³-hybridized carbons (Fsp3) is 0.464. The van der Waals surface area contributed by atoms with Crippen molar-refractivity contribution in [2.24, 2.45) is 16.1 Å². The maximum absolute atomic E-state index is 13.1. The van der Waals surface area contributed by atoms with Gasteiger partial charge < -0.3 is 14.5 Å². The van der Waals surface area contributed by atoms with E-state index >= 15 is 0 Å². The minimum atomic E-state index is -0.604. The van der Waals surface area contributed by atoms with E-state index in [0.717, 1.165) is 64.6 Å². The number of para-hydroxylation sites is 1. The average Bonchev–Trinajstić information content (AvgIpc) is 3.09. The Labute approximate surface area is 216 Å². The Bertz CT molecular complexity index is 1340. The molecule has 5 rings (SSSR count). The zero-order valence-corrected chi connectivity index (χ0v) is 22.1. The molecule has 190 valence electrons. The number of nitrogens with zero attached hydrogens (tertiary/aromatic N) is 3. The number of carbonyl (C=O) groups is 1. The van der Waals surface area contributed by atoms with E-state index in [1.165, 1.54) is 0 Å². The number of amides is 1. The molecule has 0 bridgehead atoms. The molecule has 36 heavy (non-hydrogen) atoms. The molecule has 1 amide bonds. The predicted molar refractivity (Wildman–Crippen MR) is 142 cm³/mol. The summed E-state index contributed by atoms with van der Waals surface area (Å²) in [5.41, 5.74) is 3.25. The number of benzene rings is 1. The molecule has 2 aliphatic heterocycles. The SMILES string of the molecule is Cc1ccccc1O[C@H]1CC[C@H](C2=c3[nH]c4c(c3CN=N2)N(C(=O)OC(C)(C)C)CC=C(Cl)C=4)CC1. The van der Waals surface area contributed by atoms with Gasteiger partial charge in [-0.15, -0.1) is 0 Å². The van der Waals surface area contributed by atoms with Crippen LogP contribution in [0.1, 0.15) is 57.6 Å². The van der Waals surface area contributed by atoms with E-state index in [1.807, 2.05) is 51.1 Å². The lowest BCUT2D eigenvalue weighted by atomic mass is 9.84. The second-order valence-electron chi connectivity index (χ2n) is 10.7. The number of H-pyrrole nitrogens is 1. The van der Waals surface area contributed by atoms with Crippen molar-refractivity contribution in [1.29, 1.82) is 0 Å². The van der Waals surface area contributed by atoms with Gasteiger partial charge >= 0.3 is 6.09 Å². The smallest absolute Gasteiger partial charge is 0.415 e. The van der Waals surface area contributed by atoms with E-state index in [1.54, 1.807) is 4.90 Å². The average molecular weight is 509 g/mol. The van der Waals surface area contributed by atoms with Gasteiger partial charge in [0.2, 0.25) is 0 Å². The molecule has 1 aromatic carbocycles. The minimum absolute atomic E-state index is 0.197. The Hall–Kier alpha value is -3.06.